The Kier molecular flexibility index (Phi) is 5.21. The number of aromatic nitrogens is 3. The molecule has 2 aromatic rings. The number of likely N-dealkylation sites (N-methyl/N-ethyl adjacent to an activating group) is 1. The van der Waals surface area contributed by atoms with Crippen LogP contribution in [-0.4, -0.2) is 50.6 Å². The fourth-order valence-corrected chi connectivity index (χ4v) is 2.78. The van der Waals surface area contributed by atoms with Crippen molar-refractivity contribution in [2.45, 2.75) is 40.7 Å². The number of hydrogen-bond acceptors (Lipinski definition) is 4. The molecular weight excluding hydrogens is 306 g/mol. The first kappa shape index (κ1) is 17.9. The first-order chi connectivity index (χ1) is 11.2. The van der Waals surface area contributed by atoms with Gasteiger partial charge in [-0.05, 0) is 40.7 Å². The second kappa shape index (κ2) is 6.98. The average molecular weight is 331 g/mol. The standard InChI is InChI=1S/C17H25N5O2/c1-7-22(9-14(23)18-10(2)3)17(24)13-8-11(4)19-16-15(13)12(5)20-21(16)6/h8,10H,7,9H2,1-6H3,(H,18,23). The summed E-state index contributed by atoms with van der Waals surface area (Å²) in [4.78, 5) is 31.0. The Morgan fingerprint density at radius 1 is 1.33 bits per heavy atom. The first-order valence-corrected chi connectivity index (χ1v) is 8.14. The summed E-state index contributed by atoms with van der Waals surface area (Å²) < 4.78 is 1.68. The van der Waals surface area contributed by atoms with Crippen molar-refractivity contribution >= 4 is 22.8 Å². The Bertz CT molecular complexity index is 779. The predicted octanol–water partition coefficient (Wildman–Crippen LogP) is 1.57. The maximum absolute atomic E-state index is 13.0. The molecule has 0 aliphatic carbocycles. The van der Waals surface area contributed by atoms with Crippen molar-refractivity contribution < 1.29 is 9.59 Å². The van der Waals surface area contributed by atoms with E-state index in [9.17, 15) is 9.59 Å². The minimum atomic E-state index is -0.178. The van der Waals surface area contributed by atoms with Crippen LogP contribution in [-0.2, 0) is 11.8 Å². The molecule has 0 atom stereocenters. The molecule has 2 aromatic heterocycles. The van der Waals surface area contributed by atoms with Crippen LogP contribution in [0.2, 0.25) is 0 Å². The summed E-state index contributed by atoms with van der Waals surface area (Å²) in [6, 6.07) is 1.81. The van der Waals surface area contributed by atoms with Crippen molar-refractivity contribution in [3.8, 4) is 0 Å². The summed E-state index contributed by atoms with van der Waals surface area (Å²) >= 11 is 0. The highest BCUT2D eigenvalue weighted by atomic mass is 16.2. The Morgan fingerprint density at radius 2 is 2.00 bits per heavy atom. The maximum atomic E-state index is 13.0. The molecule has 0 bridgehead atoms. The van der Waals surface area contributed by atoms with E-state index in [1.807, 2.05) is 41.7 Å². The lowest BCUT2D eigenvalue weighted by Gasteiger charge is -2.21. The molecule has 24 heavy (non-hydrogen) atoms. The summed E-state index contributed by atoms with van der Waals surface area (Å²) in [5.74, 6) is -0.340. The van der Waals surface area contributed by atoms with Crippen LogP contribution in [0.5, 0.6) is 0 Å². The van der Waals surface area contributed by atoms with Gasteiger partial charge < -0.3 is 10.2 Å². The highest BCUT2D eigenvalue weighted by Crippen LogP contribution is 2.23. The van der Waals surface area contributed by atoms with Gasteiger partial charge in [-0.3, -0.25) is 14.3 Å². The highest BCUT2D eigenvalue weighted by molar-refractivity contribution is 6.07. The molecule has 2 heterocycles. The number of nitrogens with zero attached hydrogens (tertiary/aromatic N) is 4. The number of nitrogens with one attached hydrogen (secondary N) is 1. The third-order valence-electron chi connectivity index (χ3n) is 3.78. The van der Waals surface area contributed by atoms with E-state index in [-0.39, 0.29) is 24.4 Å². The van der Waals surface area contributed by atoms with Gasteiger partial charge in [0.1, 0.15) is 0 Å². The van der Waals surface area contributed by atoms with Crippen molar-refractivity contribution in [1.82, 2.24) is 25.0 Å². The third kappa shape index (κ3) is 3.55. The molecule has 7 nitrogen and oxygen atoms in total. The second-order valence-electron chi connectivity index (χ2n) is 6.26. The fourth-order valence-electron chi connectivity index (χ4n) is 2.78. The van der Waals surface area contributed by atoms with Crippen LogP contribution in [0.3, 0.4) is 0 Å². The van der Waals surface area contributed by atoms with Crippen LogP contribution >= 0.6 is 0 Å². The van der Waals surface area contributed by atoms with Gasteiger partial charge >= 0.3 is 0 Å². The van der Waals surface area contributed by atoms with Crippen LogP contribution in [0, 0.1) is 13.8 Å². The van der Waals surface area contributed by atoms with Gasteiger partial charge in [-0.1, -0.05) is 0 Å². The van der Waals surface area contributed by atoms with Crippen molar-refractivity contribution in [3.63, 3.8) is 0 Å². The third-order valence-corrected chi connectivity index (χ3v) is 3.78. The van der Waals surface area contributed by atoms with E-state index in [1.54, 1.807) is 15.6 Å². The zero-order chi connectivity index (χ0) is 18.0. The fraction of sp³-hybridized carbons (Fsp3) is 0.529. The Labute approximate surface area is 142 Å². The molecule has 0 aromatic carbocycles. The molecule has 2 rings (SSSR count). The largest absolute Gasteiger partial charge is 0.352 e. The molecule has 0 aliphatic rings. The zero-order valence-electron chi connectivity index (χ0n) is 15.2. The molecule has 0 fully saturated rings. The SMILES string of the molecule is CCN(CC(=O)NC(C)C)C(=O)c1cc(C)nc2c1c(C)nn2C. The summed E-state index contributed by atoms with van der Waals surface area (Å²) in [6.07, 6.45) is 0. The number of amides is 2. The van der Waals surface area contributed by atoms with Gasteiger partial charge in [0.25, 0.3) is 5.91 Å². The predicted molar refractivity (Wildman–Crippen MR) is 92.8 cm³/mol. The molecule has 0 unspecified atom stereocenters. The molecule has 0 saturated carbocycles. The minimum Gasteiger partial charge on any atom is -0.352 e. The number of carbonyl (C=O) groups is 2. The Balaban J connectivity index is 2.40. The molecule has 1 N–H and O–H groups in total. The van der Waals surface area contributed by atoms with Gasteiger partial charge in [-0.25, -0.2) is 4.98 Å². The summed E-state index contributed by atoms with van der Waals surface area (Å²) in [5, 5.41) is 7.93. The van der Waals surface area contributed by atoms with Crippen molar-refractivity contribution in [1.29, 1.82) is 0 Å². The van der Waals surface area contributed by atoms with Crippen LogP contribution in [0.25, 0.3) is 11.0 Å². The molecular formula is C17H25N5O2. The Hall–Kier alpha value is -2.44. The lowest BCUT2D eigenvalue weighted by atomic mass is 10.1. The van der Waals surface area contributed by atoms with Gasteiger partial charge in [0.15, 0.2) is 5.65 Å². The quantitative estimate of drug-likeness (QED) is 0.902. The minimum absolute atomic E-state index is 0.0374. The molecule has 130 valence electrons. The van der Waals surface area contributed by atoms with E-state index in [2.05, 4.69) is 15.4 Å². The van der Waals surface area contributed by atoms with Crippen LogP contribution in [0.1, 0.15) is 42.5 Å². The summed E-state index contributed by atoms with van der Waals surface area (Å²) in [7, 11) is 1.81. The molecule has 0 aliphatic heterocycles. The van der Waals surface area contributed by atoms with Crippen molar-refractivity contribution in [2.75, 3.05) is 13.1 Å². The van der Waals surface area contributed by atoms with Gasteiger partial charge in [0.05, 0.1) is 23.2 Å². The topological polar surface area (TPSA) is 80.1 Å². The van der Waals surface area contributed by atoms with Crippen molar-refractivity contribution in [2.24, 2.45) is 7.05 Å². The van der Waals surface area contributed by atoms with Gasteiger partial charge in [-0.15, -0.1) is 0 Å². The number of rotatable bonds is 5. The first-order valence-electron chi connectivity index (χ1n) is 8.14. The van der Waals surface area contributed by atoms with E-state index in [0.717, 1.165) is 16.8 Å². The van der Waals surface area contributed by atoms with Crippen LogP contribution < -0.4 is 5.32 Å². The number of pyridine rings is 1. The normalized spacial score (nSPS) is 11.1. The van der Waals surface area contributed by atoms with E-state index >= 15 is 0 Å². The van der Waals surface area contributed by atoms with E-state index in [0.29, 0.717) is 17.8 Å². The Morgan fingerprint density at radius 3 is 2.58 bits per heavy atom. The molecule has 0 saturated heterocycles. The average Bonchev–Trinajstić information content (AvgIpc) is 2.77. The number of hydrogen-bond donors (Lipinski definition) is 1. The molecule has 7 heteroatoms. The van der Waals surface area contributed by atoms with Crippen molar-refractivity contribution in [3.05, 3.63) is 23.0 Å². The molecule has 0 spiro atoms. The lowest BCUT2D eigenvalue weighted by molar-refractivity contribution is -0.122. The number of aryl methyl sites for hydroxylation is 3. The highest BCUT2D eigenvalue weighted by Gasteiger charge is 2.23. The van der Waals surface area contributed by atoms with E-state index in [4.69, 9.17) is 0 Å². The van der Waals surface area contributed by atoms with E-state index in [1.165, 1.54) is 0 Å². The van der Waals surface area contributed by atoms with Gasteiger partial charge in [-0.2, -0.15) is 5.10 Å². The molecule has 2 amide bonds. The number of fused-ring (bicyclic) bond motifs is 1. The molecule has 0 radical (unpaired) electrons. The van der Waals surface area contributed by atoms with Gasteiger partial charge in [0, 0.05) is 25.3 Å². The van der Waals surface area contributed by atoms with Crippen LogP contribution in [0.4, 0.5) is 0 Å². The summed E-state index contributed by atoms with van der Waals surface area (Å²) in [6.45, 7) is 9.85. The lowest BCUT2D eigenvalue weighted by Crippen LogP contribution is -2.42. The smallest absolute Gasteiger partial charge is 0.255 e. The number of carbonyl (C=O) groups excluding carboxylic acids is 2. The summed E-state index contributed by atoms with van der Waals surface area (Å²) in [5.41, 5.74) is 2.73. The second-order valence-corrected chi connectivity index (χ2v) is 6.26. The van der Waals surface area contributed by atoms with E-state index < -0.39 is 0 Å². The zero-order valence-corrected chi connectivity index (χ0v) is 15.2. The monoisotopic (exact) mass is 331 g/mol. The van der Waals surface area contributed by atoms with Crippen LogP contribution in [0.15, 0.2) is 6.07 Å². The maximum Gasteiger partial charge on any atom is 0.255 e. The van der Waals surface area contributed by atoms with Gasteiger partial charge in [0.2, 0.25) is 5.91 Å².